The number of fused-ring (bicyclic) bond motifs is 1. The second-order valence-electron chi connectivity index (χ2n) is 5.03. The van der Waals surface area contributed by atoms with E-state index in [9.17, 15) is 4.57 Å². The van der Waals surface area contributed by atoms with E-state index in [4.69, 9.17) is 4.52 Å². The van der Waals surface area contributed by atoms with E-state index < -0.39 is 8.03 Å². The van der Waals surface area contributed by atoms with Crippen LogP contribution in [0.1, 0.15) is 16.8 Å². The Bertz CT molecular complexity index is 631. The summed E-state index contributed by atoms with van der Waals surface area (Å²) in [6, 6.07) is 13.9. The van der Waals surface area contributed by atoms with E-state index in [1.165, 1.54) is 11.1 Å². The van der Waals surface area contributed by atoms with Crippen LogP contribution in [0.3, 0.4) is 0 Å². The number of benzene rings is 1. The second kappa shape index (κ2) is 6.90. The minimum absolute atomic E-state index is 0.444. The van der Waals surface area contributed by atoms with Crippen molar-refractivity contribution < 1.29 is 9.09 Å². The lowest BCUT2D eigenvalue weighted by atomic mass is 10.1. The molecule has 1 atom stereocenters. The maximum absolute atomic E-state index is 12.2. The summed E-state index contributed by atoms with van der Waals surface area (Å²) in [7, 11) is -1.87. The first-order chi connectivity index (χ1) is 10.3. The fourth-order valence-electron chi connectivity index (χ4n) is 2.38. The molecule has 0 amide bonds. The minimum Gasteiger partial charge on any atom is -0.312 e. The van der Waals surface area contributed by atoms with E-state index in [1.54, 1.807) is 0 Å². The van der Waals surface area contributed by atoms with Gasteiger partial charge in [-0.1, -0.05) is 30.3 Å². The van der Waals surface area contributed by atoms with Gasteiger partial charge in [-0.05, 0) is 21.8 Å². The zero-order valence-electron chi connectivity index (χ0n) is 11.8. The highest BCUT2D eigenvalue weighted by atomic mass is 31.1. The van der Waals surface area contributed by atoms with Crippen LogP contribution in [-0.2, 0) is 28.5 Å². The molecule has 0 spiro atoms. The quantitative estimate of drug-likeness (QED) is 0.861. The highest BCUT2D eigenvalue weighted by Gasteiger charge is 2.26. The van der Waals surface area contributed by atoms with Gasteiger partial charge in [-0.25, -0.2) is 4.98 Å². The number of nitrogens with one attached hydrogen (secondary N) is 1. The average molecular weight is 301 g/mol. The van der Waals surface area contributed by atoms with Crippen molar-refractivity contribution in [1.82, 2.24) is 10.3 Å². The summed E-state index contributed by atoms with van der Waals surface area (Å²) in [5.41, 5.74) is 3.98. The van der Waals surface area contributed by atoms with Gasteiger partial charge in [0.05, 0.1) is 5.69 Å². The molecular weight excluding hydrogens is 283 g/mol. The Morgan fingerprint density at radius 3 is 2.90 bits per heavy atom. The molecule has 3 rings (SSSR count). The van der Waals surface area contributed by atoms with E-state index >= 15 is 0 Å². The van der Waals surface area contributed by atoms with Crippen molar-refractivity contribution in [2.24, 2.45) is 0 Å². The molecule has 4 nitrogen and oxygen atoms in total. The van der Waals surface area contributed by atoms with Crippen molar-refractivity contribution >= 4 is 13.5 Å². The zero-order valence-corrected chi connectivity index (χ0v) is 12.7. The van der Waals surface area contributed by atoms with Crippen LogP contribution in [0, 0.1) is 0 Å². The molecule has 21 heavy (non-hydrogen) atoms. The number of rotatable bonds is 5. The van der Waals surface area contributed by atoms with Crippen molar-refractivity contribution in [3.8, 4) is 0 Å². The largest absolute Gasteiger partial charge is 0.569 e. The maximum atomic E-state index is 12.2. The van der Waals surface area contributed by atoms with Crippen molar-refractivity contribution in [2.75, 3.05) is 13.2 Å². The van der Waals surface area contributed by atoms with E-state index in [1.807, 2.05) is 42.5 Å². The molecule has 2 heterocycles. The van der Waals surface area contributed by atoms with Crippen LogP contribution in [0.15, 0.2) is 42.5 Å². The Balaban J connectivity index is 1.58. The average Bonchev–Trinajstić information content (AvgIpc) is 2.55. The van der Waals surface area contributed by atoms with Gasteiger partial charge in [0.2, 0.25) is 0 Å². The standard InChI is InChI=1S/C16H18N2O2P/c19-21(20-11-9-13-4-2-1-3-5-13)16-7-6-14-12-17-10-8-15(14)18-16/h1-7,17H,8-12H2/q+1. The number of nitrogens with zero attached hydrogens (tertiary/aromatic N) is 1. The lowest BCUT2D eigenvalue weighted by Gasteiger charge is -2.14. The molecule has 2 aromatic rings. The van der Waals surface area contributed by atoms with E-state index in [0.29, 0.717) is 12.0 Å². The first-order valence-electron chi connectivity index (χ1n) is 7.16. The van der Waals surface area contributed by atoms with Crippen LogP contribution >= 0.6 is 8.03 Å². The molecule has 5 heteroatoms. The summed E-state index contributed by atoms with van der Waals surface area (Å²) < 4.78 is 17.6. The summed E-state index contributed by atoms with van der Waals surface area (Å²) in [4.78, 5) is 4.49. The monoisotopic (exact) mass is 301 g/mol. The number of pyridine rings is 1. The topological polar surface area (TPSA) is 51.2 Å². The minimum atomic E-state index is -1.87. The maximum Gasteiger partial charge on any atom is 0.569 e. The molecule has 1 aliphatic rings. The first kappa shape index (κ1) is 14.3. The molecule has 0 aliphatic carbocycles. The lowest BCUT2D eigenvalue weighted by molar-refractivity contribution is 0.339. The number of aromatic nitrogens is 1. The van der Waals surface area contributed by atoms with Crippen LogP contribution in [0.25, 0.3) is 0 Å². The SMILES string of the molecule is O=[P+](OCCc1ccccc1)c1ccc2c(n1)CCNC2. The predicted molar refractivity (Wildman–Crippen MR) is 83.0 cm³/mol. The van der Waals surface area contributed by atoms with E-state index in [2.05, 4.69) is 10.3 Å². The first-order valence-corrected chi connectivity index (χ1v) is 8.34. The summed E-state index contributed by atoms with van der Waals surface area (Å²) >= 11 is 0. The highest BCUT2D eigenvalue weighted by molar-refractivity contribution is 7.48. The van der Waals surface area contributed by atoms with Crippen molar-refractivity contribution in [3.05, 3.63) is 59.3 Å². The van der Waals surface area contributed by atoms with Gasteiger partial charge < -0.3 is 5.32 Å². The lowest BCUT2D eigenvalue weighted by Crippen LogP contribution is -2.26. The molecule has 0 saturated carbocycles. The molecular formula is C16H18N2O2P+. The molecule has 1 N–H and O–H groups in total. The van der Waals surface area contributed by atoms with Crippen LogP contribution in [0.2, 0.25) is 0 Å². The molecule has 0 radical (unpaired) electrons. The van der Waals surface area contributed by atoms with Gasteiger partial charge in [-0.15, -0.1) is 4.52 Å². The molecule has 0 fully saturated rings. The Labute approximate surface area is 125 Å². The third kappa shape index (κ3) is 3.73. The third-order valence-electron chi connectivity index (χ3n) is 3.54. The van der Waals surface area contributed by atoms with Gasteiger partial charge in [0.1, 0.15) is 6.61 Å². The van der Waals surface area contributed by atoms with Gasteiger partial charge in [0.25, 0.3) is 0 Å². The number of hydrogen-bond donors (Lipinski definition) is 1. The fraction of sp³-hybridized carbons (Fsp3) is 0.312. The van der Waals surface area contributed by atoms with Crippen molar-refractivity contribution in [2.45, 2.75) is 19.4 Å². The van der Waals surface area contributed by atoms with Crippen LogP contribution in [-0.4, -0.2) is 18.1 Å². The molecule has 1 aliphatic heterocycles. The Hall–Kier alpha value is -1.61. The van der Waals surface area contributed by atoms with Gasteiger partial charge >= 0.3 is 13.5 Å². The predicted octanol–water partition coefficient (Wildman–Crippen LogP) is 2.35. The molecule has 108 valence electrons. The van der Waals surface area contributed by atoms with Gasteiger partial charge in [-0.3, -0.25) is 0 Å². The van der Waals surface area contributed by atoms with Crippen molar-refractivity contribution in [3.63, 3.8) is 0 Å². The normalized spacial score (nSPS) is 14.6. The smallest absolute Gasteiger partial charge is 0.312 e. The second-order valence-corrected chi connectivity index (χ2v) is 6.26. The van der Waals surface area contributed by atoms with Gasteiger partial charge in [0.15, 0.2) is 0 Å². The molecule has 1 aromatic heterocycles. The van der Waals surface area contributed by atoms with E-state index in [-0.39, 0.29) is 0 Å². The van der Waals surface area contributed by atoms with Crippen LogP contribution < -0.4 is 10.8 Å². The summed E-state index contributed by atoms with van der Waals surface area (Å²) in [5, 5.41) is 3.30. The Morgan fingerprint density at radius 2 is 2.05 bits per heavy atom. The van der Waals surface area contributed by atoms with Gasteiger partial charge in [-0.2, -0.15) is 0 Å². The third-order valence-corrected chi connectivity index (χ3v) is 4.58. The Morgan fingerprint density at radius 1 is 1.19 bits per heavy atom. The molecule has 1 aromatic carbocycles. The van der Waals surface area contributed by atoms with E-state index in [0.717, 1.165) is 31.6 Å². The highest BCUT2D eigenvalue weighted by Crippen LogP contribution is 2.22. The van der Waals surface area contributed by atoms with Crippen LogP contribution in [0.5, 0.6) is 0 Å². The molecule has 0 bridgehead atoms. The molecule has 0 saturated heterocycles. The fourth-order valence-corrected chi connectivity index (χ4v) is 3.17. The van der Waals surface area contributed by atoms with Gasteiger partial charge in [0, 0.05) is 32.0 Å². The summed E-state index contributed by atoms with van der Waals surface area (Å²) in [5.74, 6) is 0. The summed E-state index contributed by atoms with van der Waals surface area (Å²) in [6.07, 6.45) is 1.65. The summed E-state index contributed by atoms with van der Waals surface area (Å²) in [6.45, 7) is 2.21. The van der Waals surface area contributed by atoms with Crippen molar-refractivity contribution in [1.29, 1.82) is 0 Å². The van der Waals surface area contributed by atoms with Crippen LogP contribution in [0.4, 0.5) is 0 Å². The number of hydrogen-bond acceptors (Lipinski definition) is 4. The zero-order chi connectivity index (χ0) is 14.5. The Kier molecular flexibility index (Phi) is 4.71. The molecule has 1 unspecified atom stereocenters.